The van der Waals surface area contributed by atoms with Crippen LogP contribution in [0.4, 0.5) is 5.82 Å². The summed E-state index contributed by atoms with van der Waals surface area (Å²) in [6.45, 7) is 6.24. The zero-order valence-electron chi connectivity index (χ0n) is 16.8. The first kappa shape index (κ1) is 18.5. The maximum atomic E-state index is 12.3. The van der Waals surface area contributed by atoms with Gasteiger partial charge < -0.3 is 19.3 Å². The van der Waals surface area contributed by atoms with Crippen molar-refractivity contribution in [1.82, 2.24) is 14.9 Å². The molecule has 0 aliphatic carbocycles. The summed E-state index contributed by atoms with van der Waals surface area (Å²) < 4.78 is 10.5. The second-order valence-corrected chi connectivity index (χ2v) is 7.56. The van der Waals surface area contributed by atoms with Gasteiger partial charge in [-0.05, 0) is 18.1 Å². The fraction of sp³-hybridized carbons (Fsp3) is 0.476. The predicted octanol–water partition coefficient (Wildman–Crippen LogP) is 2.46. The molecule has 7 nitrogen and oxygen atoms in total. The SMILES string of the molecule is COc1cc(N2C[C@@H]3CN(C(C)=O)[C@H](c4ccccc4C)[C@@H]3C2)nc(OC)n1. The van der Waals surface area contributed by atoms with Crippen LogP contribution in [0.25, 0.3) is 0 Å². The van der Waals surface area contributed by atoms with Gasteiger partial charge in [0.15, 0.2) is 0 Å². The van der Waals surface area contributed by atoms with Gasteiger partial charge in [0.25, 0.3) is 0 Å². The highest BCUT2D eigenvalue weighted by molar-refractivity contribution is 5.74. The van der Waals surface area contributed by atoms with Gasteiger partial charge in [0.05, 0.1) is 20.3 Å². The molecule has 28 heavy (non-hydrogen) atoms. The lowest BCUT2D eigenvalue weighted by Crippen LogP contribution is -2.34. The third kappa shape index (κ3) is 3.15. The lowest BCUT2D eigenvalue weighted by molar-refractivity contribution is -0.130. The quantitative estimate of drug-likeness (QED) is 0.809. The average molecular weight is 382 g/mol. The van der Waals surface area contributed by atoms with Gasteiger partial charge in [-0.1, -0.05) is 24.3 Å². The van der Waals surface area contributed by atoms with E-state index < -0.39 is 0 Å². The number of benzene rings is 1. The summed E-state index contributed by atoms with van der Waals surface area (Å²) >= 11 is 0. The summed E-state index contributed by atoms with van der Waals surface area (Å²) in [5.41, 5.74) is 2.47. The smallest absolute Gasteiger partial charge is 0.321 e. The van der Waals surface area contributed by atoms with Gasteiger partial charge in [-0.2, -0.15) is 9.97 Å². The number of fused-ring (bicyclic) bond motifs is 1. The number of hydrogen-bond donors (Lipinski definition) is 0. The Labute approximate surface area is 165 Å². The molecule has 2 aliphatic heterocycles. The first-order valence-electron chi connectivity index (χ1n) is 9.56. The monoisotopic (exact) mass is 382 g/mol. The van der Waals surface area contributed by atoms with Gasteiger partial charge >= 0.3 is 6.01 Å². The molecule has 3 atom stereocenters. The van der Waals surface area contributed by atoms with Crippen LogP contribution in [-0.2, 0) is 4.79 Å². The highest BCUT2D eigenvalue weighted by Crippen LogP contribution is 2.46. The average Bonchev–Trinajstić information content (AvgIpc) is 3.26. The number of hydrogen-bond acceptors (Lipinski definition) is 6. The standard InChI is InChI=1S/C21H26N4O3/c1-13-7-5-6-8-16(13)20-17-12-24(10-15(17)11-25(20)14(2)26)18-9-19(27-3)23-21(22-18)28-4/h5-9,15,17,20H,10-12H2,1-4H3/t15-,17-,20-/m1/s1. The molecule has 2 saturated heterocycles. The molecule has 0 unspecified atom stereocenters. The number of anilines is 1. The molecule has 3 heterocycles. The molecule has 1 aromatic heterocycles. The minimum atomic E-state index is 0.0966. The Kier molecular flexibility index (Phi) is 4.83. The van der Waals surface area contributed by atoms with E-state index in [1.807, 2.05) is 17.0 Å². The molecule has 0 N–H and O–H groups in total. The van der Waals surface area contributed by atoms with E-state index in [4.69, 9.17) is 9.47 Å². The zero-order valence-corrected chi connectivity index (χ0v) is 16.8. The molecular formula is C21H26N4O3. The summed E-state index contributed by atoms with van der Waals surface area (Å²) in [7, 11) is 3.14. The van der Waals surface area contributed by atoms with Crippen LogP contribution in [0.3, 0.4) is 0 Å². The highest BCUT2D eigenvalue weighted by atomic mass is 16.5. The normalized spacial score (nSPS) is 23.6. The summed E-state index contributed by atoms with van der Waals surface area (Å²) in [6.07, 6.45) is 0. The second kappa shape index (κ2) is 7.30. The molecule has 0 bridgehead atoms. The zero-order chi connectivity index (χ0) is 19.8. The molecule has 1 amide bonds. The minimum absolute atomic E-state index is 0.0966. The number of carbonyl (C=O) groups is 1. The molecule has 4 rings (SSSR count). The van der Waals surface area contributed by atoms with Crippen molar-refractivity contribution in [2.75, 3.05) is 38.8 Å². The minimum Gasteiger partial charge on any atom is -0.481 e. The van der Waals surface area contributed by atoms with Gasteiger partial charge in [0, 0.05) is 44.5 Å². The molecular weight excluding hydrogens is 356 g/mol. The second-order valence-electron chi connectivity index (χ2n) is 7.56. The molecule has 1 aromatic carbocycles. The Balaban J connectivity index is 1.65. The molecule has 2 aliphatic rings. The van der Waals surface area contributed by atoms with E-state index in [0.717, 1.165) is 25.5 Å². The van der Waals surface area contributed by atoms with Crippen LogP contribution in [0, 0.1) is 18.8 Å². The van der Waals surface area contributed by atoms with E-state index >= 15 is 0 Å². The van der Waals surface area contributed by atoms with Crippen molar-refractivity contribution in [3.05, 3.63) is 41.5 Å². The maximum Gasteiger partial charge on any atom is 0.321 e. The Morgan fingerprint density at radius 2 is 1.89 bits per heavy atom. The first-order chi connectivity index (χ1) is 13.5. The van der Waals surface area contributed by atoms with E-state index in [1.165, 1.54) is 11.1 Å². The van der Waals surface area contributed by atoms with Gasteiger partial charge in [-0.3, -0.25) is 4.79 Å². The van der Waals surface area contributed by atoms with Crippen molar-refractivity contribution >= 4 is 11.7 Å². The molecule has 2 fully saturated rings. The Hall–Kier alpha value is -2.83. The van der Waals surface area contributed by atoms with Gasteiger partial charge in [0.2, 0.25) is 11.8 Å². The topological polar surface area (TPSA) is 67.8 Å². The van der Waals surface area contributed by atoms with E-state index in [0.29, 0.717) is 23.7 Å². The van der Waals surface area contributed by atoms with Gasteiger partial charge in [0.1, 0.15) is 5.82 Å². The van der Waals surface area contributed by atoms with Crippen molar-refractivity contribution in [2.45, 2.75) is 19.9 Å². The highest BCUT2D eigenvalue weighted by Gasteiger charge is 2.49. The first-order valence-corrected chi connectivity index (χ1v) is 9.56. The molecule has 148 valence electrons. The number of carbonyl (C=O) groups excluding carboxylic acids is 1. The van der Waals surface area contributed by atoms with Crippen LogP contribution >= 0.6 is 0 Å². The van der Waals surface area contributed by atoms with Crippen LogP contribution in [0.2, 0.25) is 0 Å². The Morgan fingerprint density at radius 3 is 2.57 bits per heavy atom. The van der Waals surface area contributed by atoms with Crippen molar-refractivity contribution in [3.8, 4) is 11.9 Å². The van der Waals surface area contributed by atoms with Crippen molar-refractivity contribution in [3.63, 3.8) is 0 Å². The largest absolute Gasteiger partial charge is 0.481 e. The third-order valence-electron chi connectivity index (χ3n) is 5.96. The van der Waals surface area contributed by atoms with E-state index in [2.05, 4.69) is 40.0 Å². The summed E-state index contributed by atoms with van der Waals surface area (Å²) in [4.78, 5) is 25.3. The number of amides is 1. The van der Waals surface area contributed by atoms with Crippen LogP contribution in [0.5, 0.6) is 11.9 Å². The molecule has 2 aromatic rings. The van der Waals surface area contributed by atoms with Crippen molar-refractivity contribution in [1.29, 1.82) is 0 Å². The molecule has 0 radical (unpaired) electrons. The van der Waals surface area contributed by atoms with E-state index in [-0.39, 0.29) is 11.9 Å². The molecule has 0 saturated carbocycles. The fourth-order valence-electron chi connectivity index (χ4n) is 4.62. The van der Waals surface area contributed by atoms with Gasteiger partial charge in [-0.15, -0.1) is 0 Å². The number of ether oxygens (including phenoxy) is 2. The fourth-order valence-corrected chi connectivity index (χ4v) is 4.62. The number of methoxy groups -OCH3 is 2. The predicted molar refractivity (Wildman–Crippen MR) is 106 cm³/mol. The number of nitrogens with zero attached hydrogens (tertiary/aromatic N) is 4. The van der Waals surface area contributed by atoms with Crippen LogP contribution in [0.1, 0.15) is 24.1 Å². The van der Waals surface area contributed by atoms with Crippen LogP contribution in [0.15, 0.2) is 30.3 Å². The third-order valence-corrected chi connectivity index (χ3v) is 5.96. The lowest BCUT2D eigenvalue weighted by atomic mass is 9.87. The summed E-state index contributed by atoms with van der Waals surface area (Å²) in [5.74, 6) is 2.19. The molecule has 0 spiro atoms. The lowest BCUT2D eigenvalue weighted by Gasteiger charge is -2.30. The van der Waals surface area contributed by atoms with Crippen LogP contribution < -0.4 is 14.4 Å². The number of aromatic nitrogens is 2. The van der Waals surface area contributed by atoms with Crippen molar-refractivity contribution < 1.29 is 14.3 Å². The maximum absolute atomic E-state index is 12.3. The summed E-state index contributed by atoms with van der Waals surface area (Å²) in [6, 6.07) is 10.6. The Morgan fingerprint density at radius 1 is 1.11 bits per heavy atom. The number of likely N-dealkylation sites (tertiary alicyclic amines) is 1. The number of aryl methyl sites for hydroxylation is 1. The van der Waals surface area contributed by atoms with E-state index in [1.54, 1.807) is 21.1 Å². The Bertz CT molecular complexity index is 865. The van der Waals surface area contributed by atoms with Gasteiger partial charge in [-0.25, -0.2) is 0 Å². The molecule has 7 heteroatoms. The van der Waals surface area contributed by atoms with E-state index in [9.17, 15) is 4.79 Å². The summed E-state index contributed by atoms with van der Waals surface area (Å²) in [5, 5.41) is 0. The van der Waals surface area contributed by atoms with Crippen LogP contribution in [-0.4, -0.2) is 54.6 Å². The number of rotatable bonds is 4. The van der Waals surface area contributed by atoms with Crippen molar-refractivity contribution in [2.24, 2.45) is 11.8 Å².